The Bertz CT molecular complexity index is 1470. The van der Waals surface area contributed by atoms with Crippen molar-refractivity contribution in [1.29, 1.82) is 0 Å². The standard InChI is InChI=1S/C39H52N4O6/c1-27(2)35(41-38(47)48-26-29-17-11-7-12-18-29)37(46)40-32(23-28-15-9-6-10-16-28)34(44)25-43-22-21-31(49-30-19-13-8-14-20-30)24-33(43)36(45)42-39(3,4)5/h6-20,27,31-35,44H,21-26H2,1-5H3,(H,40,46)(H,41,47)(H,42,45)/t31-,32+,33+,34-,35+/m1/s1. The van der Waals surface area contributed by atoms with Gasteiger partial charge in [-0.05, 0) is 62.8 Å². The Morgan fingerprint density at radius 2 is 1.47 bits per heavy atom. The first kappa shape index (κ1) is 37.4. The number of ether oxygens (including phenoxy) is 2. The highest BCUT2D eigenvalue weighted by Gasteiger charge is 2.38. The highest BCUT2D eigenvalue weighted by atomic mass is 16.5. The lowest BCUT2D eigenvalue weighted by molar-refractivity contribution is -0.132. The van der Waals surface area contributed by atoms with Crippen LogP contribution in [0.4, 0.5) is 4.79 Å². The Morgan fingerprint density at radius 3 is 2.06 bits per heavy atom. The minimum atomic E-state index is -1.03. The second-order valence-corrected chi connectivity index (χ2v) is 14.1. The summed E-state index contributed by atoms with van der Waals surface area (Å²) in [4.78, 5) is 42.1. The van der Waals surface area contributed by atoms with Gasteiger partial charge in [-0.15, -0.1) is 0 Å². The van der Waals surface area contributed by atoms with Gasteiger partial charge in [0.1, 0.15) is 24.5 Å². The van der Waals surface area contributed by atoms with E-state index >= 15 is 0 Å². The lowest BCUT2D eigenvalue weighted by Crippen LogP contribution is -2.60. The van der Waals surface area contributed by atoms with Crippen molar-refractivity contribution < 1.29 is 29.0 Å². The number of likely N-dealkylation sites (tertiary alicyclic amines) is 1. The third-order valence-corrected chi connectivity index (χ3v) is 8.46. The normalized spacial score (nSPS) is 18.5. The van der Waals surface area contributed by atoms with E-state index in [4.69, 9.17) is 9.47 Å². The van der Waals surface area contributed by atoms with Crippen molar-refractivity contribution in [3.63, 3.8) is 0 Å². The van der Waals surface area contributed by atoms with Gasteiger partial charge in [-0.3, -0.25) is 14.5 Å². The molecule has 4 rings (SSSR count). The molecule has 1 heterocycles. The molecule has 0 bridgehead atoms. The largest absolute Gasteiger partial charge is 0.490 e. The van der Waals surface area contributed by atoms with Gasteiger partial charge in [-0.2, -0.15) is 0 Å². The Labute approximate surface area is 290 Å². The molecule has 49 heavy (non-hydrogen) atoms. The molecule has 1 fully saturated rings. The van der Waals surface area contributed by atoms with Crippen molar-refractivity contribution in [1.82, 2.24) is 20.9 Å². The smallest absolute Gasteiger partial charge is 0.408 e. The van der Waals surface area contributed by atoms with Crippen molar-refractivity contribution in [2.75, 3.05) is 13.1 Å². The van der Waals surface area contributed by atoms with Gasteiger partial charge in [0.15, 0.2) is 0 Å². The van der Waals surface area contributed by atoms with Gasteiger partial charge in [0.2, 0.25) is 11.8 Å². The summed E-state index contributed by atoms with van der Waals surface area (Å²) >= 11 is 0. The van der Waals surface area contributed by atoms with Crippen LogP contribution >= 0.6 is 0 Å². The summed E-state index contributed by atoms with van der Waals surface area (Å²) < 4.78 is 11.6. The fraction of sp³-hybridized carbons (Fsp3) is 0.462. The summed E-state index contributed by atoms with van der Waals surface area (Å²) in [7, 11) is 0. The molecule has 3 aromatic carbocycles. The third kappa shape index (κ3) is 12.2. The Morgan fingerprint density at radius 1 is 0.878 bits per heavy atom. The average molecular weight is 673 g/mol. The zero-order valence-electron chi connectivity index (χ0n) is 29.3. The number of aliphatic hydroxyl groups is 1. The summed E-state index contributed by atoms with van der Waals surface area (Å²) in [6, 6.07) is 26.3. The van der Waals surface area contributed by atoms with E-state index in [1.54, 1.807) is 0 Å². The summed E-state index contributed by atoms with van der Waals surface area (Å²) in [5.74, 6) is -0.0711. The lowest BCUT2D eigenvalue weighted by atomic mass is 9.94. The number of benzene rings is 3. The third-order valence-electron chi connectivity index (χ3n) is 8.46. The number of piperidine rings is 1. The minimum absolute atomic E-state index is 0.0749. The van der Waals surface area contributed by atoms with Crippen LogP contribution in [0.3, 0.4) is 0 Å². The summed E-state index contributed by atoms with van der Waals surface area (Å²) in [6.45, 7) is 10.2. The number of rotatable bonds is 14. The van der Waals surface area contributed by atoms with Crippen LogP contribution in [0.2, 0.25) is 0 Å². The average Bonchev–Trinajstić information content (AvgIpc) is 3.07. The molecule has 1 aliphatic rings. The predicted molar refractivity (Wildman–Crippen MR) is 190 cm³/mol. The van der Waals surface area contributed by atoms with E-state index in [-0.39, 0.29) is 31.1 Å². The van der Waals surface area contributed by atoms with E-state index in [1.807, 2.05) is 131 Å². The van der Waals surface area contributed by atoms with Gasteiger partial charge >= 0.3 is 6.09 Å². The molecule has 0 saturated carbocycles. The topological polar surface area (TPSA) is 129 Å². The molecule has 0 radical (unpaired) electrons. The molecule has 1 aliphatic heterocycles. The van der Waals surface area contributed by atoms with Crippen LogP contribution in [-0.4, -0.2) is 76.9 Å². The number of β-amino-alcohol motifs (C(OH)–C–C–N with tert-alkyl or cyclic N) is 1. The molecular formula is C39H52N4O6. The molecule has 0 aromatic heterocycles. The molecule has 4 N–H and O–H groups in total. The summed E-state index contributed by atoms with van der Waals surface area (Å²) in [5, 5.41) is 20.6. The number of aliphatic hydroxyl groups excluding tert-OH is 1. The van der Waals surface area contributed by atoms with Crippen LogP contribution < -0.4 is 20.7 Å². The van der Waals surface area contributed by atoms with Crippen LogP contribution in [0.25, 0.3) is 0 Å². The van der Waals surface area contributed by atoms with Crippen LogP contribution in [0.5, 0.6) is 5.75 Å². The molecule has 0 aliphatic carbocycles. The first-order chi connectivity index (χ1) is 23.4. The predicted octanol–water partition coefficient (Wildman–Crippen LogP) is 4.85. The molecule has 264 valence electrons. The van der Waals surface area contributed by atoms with Gasteiger partial charge in [-0.1, -0.05) is 92.7 Å². The molecule has 3 amide bonds. The number of alkyl carbamates (subject to hydrolysis) is 1. The van der Waals surface area contributed by atoms with E-state index in [0.29, 0.717) is 25.8 Å². The summed E-state index contributed by atoms with van der Waals surface area (Å²) in [5.41, 5.74) is 1.32. The Hall–Kier alpha value is -4.41. The number of nitrogens with one attached hydrogen (secondary N) is 3. The molecule has 10 heteroatoms. The Kier molecular flexibility index (Phi) is 13.6. The van der Waals surface area contributed by atoms with Crippen LogP contribution in [0.15, 0.2) is 91.0 Å². The number of hydrogen-bond acceptors (Lipinski definition) is 7. The van der Waals surface area contributed by atoms with Crippen molar-refractivity contribution in [3.8, 4) is 5.75 Å². The second-order valence-electron chi connectivity index (χ2n) is 14.1. The number of carbonyl (C=O) groups is 3. The molecule has 3 aromatic rings. The maximum absolute atomic E-state index is 13.8. The van der Waals surface area contributed by atoms with E-state index in [0.717, 1.165) is 16.9 Å². The zero-order chi connectivity index (χ0) is 35.4. The summed E-state index contributed by atoms with van der Waals surface area (Å²) in [6.07, 6.45) is -0.440. The van der Waals surface area contributed by atoms with E-state index in [9.17, 15) is 19.5 Å². The highest BCUT2D eigenvalue weighted by Crippen LogP contribution is 2.25. The molecule has 0 spiro atoms. The van der Waals surface area contributed by atoms with Crippen molar-refractivity contribution in [2.45, 2.75) is 96.4 Å². The van der Waals surface area contributed by atoms with Crippen molar-refractivity contribution in [3.05, 3.63) is 102 Å². The fourth-order valence-corrected chi connectivity index (χ4v) is 5.94. The SMILES string of the molecule is CC(C)[C@H](NC(=O)OCc1ccccc1)C(=O)N[C@@H](Cc1ccccc1)[C@H](O)CN1CC[C@@H](Oc2ccccc2)C[C@H]1C(=O)NC(C)(C)C. The van der Waals surface area contributed by atoms with E-state index < -0.39 is 41.8 Å². The molecule has 10 nitrogen and oxygen atoms in total. The highest BCUT2D eigenvalue weighted by molar-refractivity contribution is 5.86. The number of para-hydroxylation sites is 1. The fourth-order valence-electron chi connectivity index (χ4n) is 5.94. The molecule has 1 saturated heterocycles. The second kappa shape index (κ2) is 17.8. The first-order valence-corrected chi connectivity index (χ1v) is 17.2. The van der Waals surface area contributed by atoms with Gasteiger partial charge in [0, 0.05) is 25.0 Å². The quantitative estimate of drug-likeness (QED) is 0.193. The maximum atomic E-state index is 13.8. The lowest BCUT2D eigenvalue weighted by Gasteiger charge is -2.41. The monoisotopic (exact) mass is 672 g/mol. The van der Waals surface area contributed by atoms with E-state index in [2.05, 4.69) is 16.0 Å². The minimum Gasteiger partial charge on any atom is -0.490 e. The van der Waals surface area contributed by atoms with Gasteiger partial charge in [0.05, 0.1) is 18.2 Å². The molecular weight excluding hydrogens is 620 g/mol. The number of hydrogen-bond donors (Lipinski definition) is 4. The maximum Gasteiger partial charge on any atom is 0.408 e. The van der Waals surface area contributed by atoms with E-state index in [1.165, 1.54) is 0 Å². The van der Waals surface area contributed by atoms with Crippen LogP contribution in [0, 0.1) is 5.92 Å². The van der Waals surface area contributed by atoms with Crippen LogP contribution in [-0.2, 0) is 27.4 Å². The van der Waals surface area contributed by atoms with Gasteiger partial charge in [-0.25, -0.2) is 4.79 Å². The molecule has 5 atom stereocenters. The van der Waals surface area contributed by atoms with Crippen LogP contribution in [0.1, 0.15) is 58.6 Å². The number of nitrogens with zero attached hydrogens (tertiary/aromatic N) is 1. The van der Waals surface area contributed by atoms with Crippen molar-refractivity contribution in [2.24, 2.45) is 5.92 Å². The number of amides is 3. The van der Waals surface area contributed by atoms with Crippen molar-refractivity contribution >= 4 is 17.9 Å². The zero-order valence-corrected chi connectivity index (χ0v) is 29.3. The Balaban J connectivity index is 1.48. The molecule has 0 unspecified atom stereocenters. The number of carbonyl (C=O) groups excluding carboxylic acids is 3. The first-order valence-electron chi connectivity index (χ1n) is 17.2. The van der Waals surface area contributed by atoms with Gasteiger partial charge in [0.25, 0.3) is 0 Å². The van der Waals surface area contributed by atoms with Gasteiger partial charge < -0.3 is 30.5 Å².